The van der Waals surface area contributed by atoms with Crippen molar-refractivity contribution >= 4 is 37.5 Å². The molecule has 1 amide bonds. The number of rotatable bonds is 7. The Balaban J connectivity index is 1.65. The van der Waals surface area contributed by atoms with Gasteiger partial charge in [0.25, 0.3) is 5.91 Å². The molecule has 2 aromatic carbocycles. The number of amides is 1. The summed E-state index contributed by atoms with van der Waals surface area (Å²) in [5.41, 5.74) is 3.35. The van der Waals surface area contributed by atoms with E-state index < -0.39 is 15.9 Å². The molecule has 1 unspecified atom stereocenters. The molecular formula is C25H31N3O4S2. The summed E-state index contributed by atoms with van der Waals surface area (Å²) < 4.78 is 36.3. The summed E-state index contributed by atoms with van der Waals surface area (Å²) in [5, 5.41) is 0. The normalized spacial score (nSPS) is 18.0. The number of carbonyl (C=O) groups excluding carboxylic acids is 1. The van der Waals surface area contributed by atoms with Gasteiger partial charge in [-0.2, -0.15) is 9.30 Å². The molecule has 1 saturated heterocycles. The fourth-order valence-corrected chi connectivity index (χ4v) is 7.06. The predicted molar refractivity (Wildman–Crippen MR) is 134 cm³/mol. The molecule has 1 aromatic heterocycles. The van der Waals surface area contributed by atoms with Crippen molar-refractivity contribution in [1.82, 2.24) is 8.87 Å². The van der Waals surface area contributed by atoms with Crippen LogP contribution in [0.15, 0.2) is 52.4 Å². The van der Waals surface area contributed by atoms with E-state index in [1.807, 2.05) is 6.92 Å². The second-order valence-electron chi connectivity index (χ2n) is 8.63. The van der Waals surface area contributed by atoms with E-state index in [1.54, 1.807) is 30.3 Å². The van der Waals surface area contributed by atoms with E-state index in [9.17, 15) is 13.2 Å². The number of aromatic nitrogens is 1. The van der Waals surface area contributed by atoms with Crippen LogP contribution in [0, 0.1) is 19.8 Å². The largest absolute Gasteiger partial charge is 0.380 e. The molecule has 3 aromatic rings. The number of nitrogens with zero attached hydrogens (tertiary/aromatic N) is 3. The SMILES string of the molecule is CCOCCn1c(=NC(=O)C2CCCN(S(=O)(=O)c3ccccc3)C2)sc2c(C)cc(C)cc21. The highest BCUT2D eigenvalue weighted by Crippen LogP contribution is 2.26. The molecule has 0 bridgehead atoms. The highest BCUT2D eigenvalue weighted by atomic mass is 32.2. The fraction of sp³-hybridized carbons (Fsp3) is 0.440. The maximum absolute atomic E-state index is 13.3. The lowest BCUT2D eigenvalue weighted by Crippen LogP contribution is -2.42. The van der Waals surface area contributed by atoms with E-state index in [-0.39, 0.29) is 17.3 Å². The molecule has 34 heavy (non-hydrogen) atoms. The smallest absolute Gasteiger partial charge is 0.252 e. The van der Waals surface area contributed by atoms with Gasteiger partial charge < -0.3 is 9.30 Å². The van der Waals surface area contributed by atoms with Gasteiger partial charge in [-0.25, -0.2) is 8.42 Å². The van der Waals surface area contributed by atoms with Crippen molar-refractivity contribution in [2.24, 2.45) is 10.9 Å². The van der Waals surface area contributed by atoms with Gasteiger partial charge in [-0.1, -0.05) is 35.6 Å². The minimum Gasteiger partial charge on any atom is -0.380 e. The van der Waals surface area contributed by atoms with E-state index >= 15 is 0 Å². The first-order valence-electron chi connectivity index (χ1n) is 11.6. The van der Waals surface area contributed by atoms with Crippen LogP contribution in [0.5, 0.6) is 0 Å². The average Bonchev–Trinajstić information content (AvgIpc) is 3.17. The summed E-state index contributed by atoms with van der Waals surface area (Å²) in [6.45, 7) is 8.40. The molecule has 1 atom stereocenters. The maximum atomic E-state index is 13.3. The summed E-state index contributed by atoms with van der Waals surface area (Å²) >= 11 is 1.50. The molecule has 4 rings (SSSR count). The molecule has 0 radical (unpaired) electrons. The van der Waals surface area contributed by atoms with E-state index in [0.717, 1.165) is 21.3 Å². The second kappa shape index (κ2) is 10.5. The number of hydrogen-bond acceptors (Lipinski definition) is 5. The highest BCUT2D eigenvalue weighted by molar-refractivity contribution is 7.89. The highest BCUT2D eigenvalue weighted by Gasteiger charge is 2.33. The van der Waals surface area contributed by atoms with Crippen molar-refractivity contribution in [3.63, 3.8) is 0 Å². The number of sulfonamides is 1. The van der Waals surface area contributed by atoms with Crippen LogP contribution in [0.4, 0.5) is 0 Å². The van der Waals surface area contributed by atoms with Gasteiger partial charge in [0.2, 0.25) is 10.0 Å². The lowest BCUT2D eigenvalue weighted by Gasteiger charge is -2.30. The number of fused-ring (bicyclic) bond motifs is 1. The molecule has 7 nitrogen and oxygen atoms in total. The van der Waals surface area contributed by atoms with Gasteiger partial charge in [0, 0.05) is 26.2 Å². The zero-order valence-electron chi connectivity index (χ0n) is 19.9. The Morgan fingerprint density at radius 2 is 1.97 bits per heavy atom. The van der Waals surface area contributed by atoms with E-state index in [4.69, 9.17) is 4.74 Å². The summed E-state index contributed by atoms with van der Waals surface area (Å²) in [6.07, 6.45) is 1.26. The standard InChI is InChI=1S/C25H31N3O4S2/c1-4-32-14-13-28-22-16-18(2)15-19(3)23(22)33-25(28)26-24(29)20-9-8-12-27(17-20)34(30,31)21-10-6-5-7-11-21/h5-7,10-11,15-16,20H,4,8-9,12-14,17H2,1-3H3. The monoisotopic (exact) mass is 501 g/mol. The van der Waals surface area contributed by atoms with Crippen LogP contribution in [0.1, 0.15) is 30.9 Å². The van der Waals surface area contributed by atoms with Gasteiger partial charge in [-0.05, 0) is 62.9 Å². The number of thiazole rings is 1. The lowest BCUT2D eigenvalue weighted by molar-refractivity contribution is -0.122. The van der Waals surface area contributed by atoms with Crippen molar-refractivity contribution in [2.45, 2.75) is 45.1 Å². The molecule has 1 aliphatic heterocycles. The van der Waals surface area contributed by atoms with Crippen LogP contribution in [-0.4, -0.2) is 49.5 Å². The third-order valence-electron chi connectivity index (χ3n) is 6.10. The molecule has 0 N–H and O–H groups in total. The molecule has 1 aliphatic rings. The first-order chi connectivity index (χ1) is 16.3. The van der Waals surface area contributed by atoms with Crippen molar-refractivity contribution in [3.8, 4) is 0 Å². The molecule has 1 fully saturated rings. The Labute approximate surface area is 204 Å². The number of aryl methyl sites for hydroxylation is 2. The Morgan fingerprint density at radius 1 is 1.21 bits per heavy atom. The number of ether oxygens (including phenoxy) is 1. The molecule has 0 aliphatic carbocycles. The van der Waals surface area contributed by atoms with Gasteiger partial charge in [0.05, 0.1) is 27.6 Å². The Morgan fingerprint density at radius 3 is 2.71 bits per heavy atom. The average molecular weight is 502 g/mol. The van der Waals surface area contributed by atoms with Crippen LogP contribution >= 0.6 is 11.3 Å². The van der Waals surface area contributed by atoms with Crippen molar-refractivity contribution in [1.29, 1.82) is 0 Å². The maximum Gasteiger partial charge on any atom is 0.252 e. The Bertz CT molecular complexity index is 1340. The molecule has 182 valence electrons. The summed E-state index contributed by atoms with van der Waals surface area (Å²) in [7, 11) is -3.64. The van der Waals surface area contributed by atoms with Crippen LogP contribution in [-0.2, 0) is 26.1 Å². The lowest BCUT2D eigenvalue weighted by atomic mass is 9.99. The van der Waals surface area contributed by atoms with Crippen LogP contribution in [0.2, 0.25) is 0 Å². The van der Waals surface area contributed by atoms with Crippen LogP contribution in [0.25, 0.3) is 10.2 Å². The van der Waals surface area contributed by atoms with Gasteiger partial charge in [-0.15, -0.1) is 0 Å². The quantitative estimate of drug-likeness (QED) is 0.460. The van der Waals surface area contributed by atoms with Gasteiger partial charge in [-0.3, -0.25) is 4.79 Å². The Kier molecular flexibility index (Phi) is 7.67. The minimum absolute atomic E-state index is 0.154. The molecule has 2 heterocycles. The topological polar surface area (TPSA) is 81.0 Å². The van der Waals surface area contributed by atoms with Crippen molar-refractivity contribution in [2.75, 3.05) is 26.3 Å². The predicted octanol–water partition coefficient (Wildman–Crippen LogP) is 3.88. The number of piperidine rings is 1. The number of hydrogen-bond donors (Lipinski definition) is 0. The van der Waals surface area contributed by atoms with Gasteiger partial charge >= 0.3 is 0 Å². The zero-order valence-corrected chi connectivity index (χ0v) is 21.5. The zero-order chi connectivity index (χ0) is 24.3. The molecule has 0 spiro atoms. The van der Waals surface area contributed by atoms with Crippen LogP contribution in [0.3, 0.4) is 0 Å². The minimum atomic E-state index is -3.64. The van der Waals surface area contributed by atoms with Crippen molar-refractivity contribution < 1.29 is 17.9 Å². The van der Waals surface area contributed by atoms with Gasteiger partial charge in [0.15, 0.2) is 4.80 Å². The van der Waals surface area contributed by atoms with E-state index in [0.29, 0.717) is 43.9 Å². The summed E-state index contributed by atoms with van der Waals surface area (Å²) in [6, 6.07) is 12.6. The summed E-state index contributed by atoms with van der Waals surface area (Å²) in [5.74, 6) is -0.723. The molecule has 0 saturated carbocycles. The first-order valence-corrected chi connectivity index (χ1v) is 13.9. The Hall–Kier alpha value is -2.33. The first kappa shape index (κ1) is 24.8. The van der Waals surface area contributed by atoms with Crippen molar-refractivity contribution in [3.05, 3.63) is 58.4 Å². The number of carbonyl (C=O) groups is 1. The van der Waals surface area contributed by atoms with Gasteiger partial charge in [0.1, 0.15) is 0 Å². The molecular weight excluding hydrogens is 470 g/mol. The summed E-state index contributed by atoms with van der Waals surface area (Å²) in [4.78, 5) is 18.7. The van der Waals surface area contributed by atoms with E-state index in [1.165, 1.54) is 15.6 Å². The number of benzene rings is 2. The van der Waals surface area contributed by atoms with E-state index in [2.05, 4.69) is 35.5 Å². The second-order valence-corrected chi connectivity index (χ2v) is 11.5. The fourth-order valence-electron chi connectivity index (χ4n) is 4.40. The third-order valence-corrected chi connectivity index (χ3v) is 9.21. The molecule has 9 heteroatoms. The van der Waals surface area contributed by atoms with Crippen LogP contribution < -0.4 is 4.80 Å². The third kappa shape index (κ3) is 5.17.